The van der Waals surface area contributed by atoms with E-state index in [9.17, 15) is 9.59 Å². The van der Waals surface area contributed by atoms with E-state index in [-0.39, 0.29) is 6.54 Å². The molecule has 0 saturated heterocycles. The zero-order chi connectivity index (χ0) is 17.4. The number of hydrogen-bond donors (Lipinski definition) is 2. The van der Waals surface area contributed by atoms with Crippen molar-refractivity contribution in [3.63, 3.8) is 0 Å². The Balaban J connectivity index is 1.88. The van der Waals surface area contributed by atoms with E-state index in [1.165, 1.54) is 26.7 Å². The minimum Gasteiger partial charge on any atom is -0.497 e. The van der Waals surface area contributed by atoms with E-state index in [0.29, 0.717) is 22.8 Å². The van der Waals surface area contributed by atoms with Crippen molar-refractivity contribution in [1.29, 1.82) is 0 Å². The predicted octanol–water partition coefficient (Wildman–Crippen LogP) is 1.06. The molecule has 126 valence electrons. The fraction of sp³-hybridized carbons (Fsp3) is 0.188. The van der Waals surface area contributed by atoms with Gasteiger partial charge in [0.2, 0.25) is 0 Å². The fourth-order valence-corrected chi connectivity index (χ4v) is 1.78. The number of furan rings is 1. The Morgan fingerprint density at radius 2 is 1.88 bits per heavy atom. The highest BCUT2D eigenvalue weighted by Crippen LogP contribution is 2.21. The zero-order valence-corrected chi connectivity index (χ0v) is 13.2. The molecule has 2 N–H and O–H groups in total. The largest absolute Gasteiger partial charge is 0.497 e. The number of rotatable bonds is 6. The van der Waals surface area contributed by atoms with Gasteiger partial charge < -0.3 is 19.2 Å². The lowest BCUT2D eigenvalue weighted by Gasteiger charge is -2.05. The van der Waals surface area contributed by atoms with E-state index in [0.717, 1.165) is 0 Å². The SMILES string of the molecule is COc1cc(/C=N\NC(=O)C(=O)NCc2ccco2)cc(OC)c1. The Hall–Kier alpha value is -3.29. The van der Waals surface area contributed by atoms with Crippen LogP contribution in [0.25, 0.3) is 0 Å². The summed E-state index contributed by atoms with van der Waals surface area (Å²) in [6.07, 6.45) is 2.86. The van der Waals surface area contributed by atoms with Crippen LogP contribution in [0.5, 0.6) is 11.5 Å². The second-order valence-electron chi connectivity index (χ2n) is 4.61. The molecule has 0 saturated carbocycles. The predicted molar refractivity (Wildman–Crippen MR) is 85.8 cm³/mol. The number of methoxy groups -OCH3 is 2. The standard InChI is InChI=1S/C16H17N3O5/c1-22-13-6-11(7-14(8-13)23-2)9-18-19-16(21)15(20)17-10-12-4-3-5-24-12/h3-9H,10H2,1-2H3,(H,17,20)(H,19,21)/b18-9-. The van der Waals surface area contributed by atoms with Gasteiger partial charge in [0.05, 0.1) is 33.2 Å². The molecule has 0 spiro atoms. The first-order valence-electron chi connectivity index (χ1n) is 6.99. The molecule has 0 fully saturated rings. The molecule has 2 aromatic rings. The Kier molecular flexibility index (Phi) is 5.95. The summed E-state index contributed by atoms with van der Waals surface area (Å²) in [7, 11) is 3.06. The number of amides is 2. The number of benzene rings is 1. The van der Waals surface area contributed by atoms with E-state index in [1.807, 2.05) is 0 Å². The van der Waals surface area contributed by atoms with Crippen molar-refractivity contribution in [3.05, 3.63) is 47.9 Å². The molecule has 0 atom stereocenters. The van der Waals surface area contributed by atoms with Crippen LogP contribution in [0.2, 0.25) is 0 Å². The molecule has 0 aliphatic heterocycles. The first-order chi connectivity index (χ1) is 11.6. The molecule has 2 rings (SSSR count). The number of nitrogens with zero attached hydrogens (tertiary/aromatic N) is 1. The van der Waals surface area contributed by atoms with Crippen LogP contribution >= 0.6 is 0 Å². The van der Waals surface area contributed by atoms with Crippen molar-refractivity contribution < 1.29 is 23.5 Å². The van der Waals surface area contributed by atoms with Gasteiger partial charge in [-0.2, -0.15) is 5.10 Å². The first-order valence-corrected chi connectivity index (χ1v) is 6.99. The Labute approximate surface area is 138 Å². The third-order valence-corrected chi connectivity index (χ3v) is 2.96. The molecule has 24 heavy (non-hydrogen) atoms. The van der Waals surface area contributed by atoms with Gasteiger partial charge in [0, 0.05) is 11.6 Å². The molecule has 0 aliphatic carbocycles. The molecular formula is C16H17N3O5. The summed E-state index contributed by atoms with van der Waals surface area (Å²) >= 11 is 0. The van der Waals surface area contributed by atoms with Gasteiger partial charge in [0.25, 0.3) is 0 Å². The summed E-state index contributed by atoms with van der Waals surface area (Å²) < 4.78 is 15.3. The van der Waals surface area contributed by atoms with Crippen LogP contribution in [0.1, 0.15) is 11.3 Å². The topological polar surface area (TPSA) is 102 Å². The lowest BCUT2D eigenvalue weighted by atomic mass is 10.2. The Morgan fingerprint density at radius 1 is 1.17 bits per heavy atom. The third kappa shape index (κ3) is 4.87. The Morgan fingerprint density at radius 3 is 2.46 bits per heavy atom. The van der Waals surface area contributed by atoms with Gasteiger partial charge in [-0.25, -0.2) is 5.43 Å². The average molecular weight is 331 g/mol. The molecule has 8 heteroatoms. The molecule has 1 aromatic carbocycles. The van der Waals surface area contributed by atoms with E-state index >= 15 is 0 Å². The average Bonchev–Trinajstić information content (AvgIpc) is 3.12. The molecule has 0 aliphatic rings. The minimum atomic E-state index is -0.882. The van der Waals surface area contributed by atoms with Gasteiger partial charge in [-0.3, -0.25) is 9.59 Å². The van der Waals surface area contributed by atoms with Crippen molar-refractivity contribution in [1.82, 2.24) is 10.7 Å². The highest BCUT2D eigenvalue weighted by molar-refractivity contribution is 6.35. The van der Waals surface area contributed by atoms with Crippen LogP contribution in [0.4, 0.5) is 0 Å². The van der Waals surface area contributed by atoms with Crippen molar-refractivity contribution in [2.24, 2.45) is 5.10 Å². The summed E-state index contributed by atoms with van der Waals surface area (Å²) in [5.74, 6) is 0.0131. The van der Waals surface area contributed by atoms with Crippen molar-refractivity contribution >= 4 is 18.0 Å². The molecule has 0 unspecified atom stereocenters. The van der Waals surface area contributed by atoms with Gasteiger partial charge in [0.1, 0.15) is 17.3 Å². The van der Waals surface area contributed by atoms with Crippen LogP contribution in [0, 0.1) is 0 Å². The normalized spacial score (nSPS) is 10.4. The zero-order valence-electron chi connectivity index (χ0n) is 13.2. The van der Waals surface area contributed by atoms with Crippen molar-refractivity contribution in [3.8, 4) is 11.5 Å². The van der Waals surface area contributed by atoms with E-state index in [4.69, 9.17) is 13.9 Å². The van der Waals surface area contributed by atoms with Crippen LogP contribution in [-0.4, -0.2) is 32.2 Å². The molecule has 8 nitrogen and oxygen atoms in total. The van der Waals surface area contributed by atoms with E-state index in [2.05, 4.69) is 15.8 Å². The number of hydrogen-bond acceptors (Lipinski definition) is 6. The van der Waals surface area contributed by atoms with Crippen molar-refractivity contribution in [2.75, 3.05) is 14.2 Å². The molecule has 0 bridgehead atoms. The van der Waals surface area contributed by atoms with Gasteiger partial charge >= 0.3 is 11.8 Å². The number of carbonyl (C=O) groups excluding carboxylic acids is 2. The molecular weight excluding hydrogens is 314 g/mol. The number of nitrogens with one attached hydrogen (secondary N) is 2. The summed E-state index contributed by atoms with van der Waals surface area (Å²) in [4.78, 5) is 23.2. The van der Waals surface area contributed by atoms with E-state index < -0.39 is 11.8 Å². The van der Waals surface area contributed by atoms with Crippen LogP contribution in [-0.2, 0) is 16.1 Å². The van der Waals surface area contributed by atoms with E-state index in [1.54, 1.807) is 30.3 Å². The lowest BCUT2D eigenvalue weighted by Crippen LogP contribution is -2.37. The van der Waals surface area contributed by atoms with Gasteiger partial charge in [-0.1, -0.05) is 0 Å². The highest BCUT2D eigenvalue weighted by Gasteiger charge is 2.12. The van der Waals surface area contributed by atoms with Gasteiger partial charge in [-0.15, -0.1) is 0 Å². The first kappa shape index (κ1) is 17.1. The van der Waals surface area contributed by atoms with Crippen LogP contribution < -0.4 is 20.2 Å². The molecule has 1 heterocycles. The summed E-state index contributed by atoms with van der Waals surface area (Å²) in [5, 5.41) is 6.15. The van der Waals surface area contributed by atoms with Crippen molar-refractivity contribution in [2.45, 2.75) is 6.54 Å². The third-order valence-electron chi connectivity index (χ3n) is 2.96. The highest BCUT2D eigenvalue weighted by atomic mass is 16.5. The molecule has 0 radical (unpaired) electrons. The minimum absolute atomic E-state index is 0.121. The number of carbonyl (C=O) groups is 2. The van der Waals surface area contributed by atoms with Gasteiger partial charge in [-0.05, 0) is 24.3 Å². The molecule has 1 aromatic heterocycles. The monoisotopic (exact) mass is 331 g/mol. The smallest absolute Gasteiger partial charge is 0.329 e. The molecule has 2 amide bonds. The van der Waals surface area contributed by atoms with Gasteiger partial charge in [0.15, 0.2) is 0 Å². The number of hydrazone groups is 1. The lowest BCUT2D eigenvalue weighted by molar-refractivity contribution is -0.139. The maximum Gasteiger partial charge on any atom is 0.329 e. The number of ether oxygens (including phenoxy) is 2. The Bertz CT molecular complexity index is 703. The summed E-state index contributed by atoms with van der Waals surface area (Å²) in [5.41, 5.74) is 2.78. The van der Waals surface area contributed by atoms with Crippen LogP contribution in [0.15, 0.2) is 46.1 Å². The summed E-state index contributed by atoms with van der Waals surface area (Å²) in [6.45, 7) is 0.121. The quantitative estimate of drug-likeness (QED) is 0.468. The summed E-state index contributed by atoms with van der Waals surface area (Å²) in [6, 6.07) is 8.49. The second-order valence-corrected chi connectivity index (χ2v) is 4.61. The second kappa shape index (κ2) is 8.37. The maximum atomic E-state index is 11.6. The fourth-order valence-electron chi connectivity index (χ4n) is 1.78. The van der Waals surface area contributed by atoms with Crippen LogP contribution in [0.3, 0.4) is 0 Å². The maximum absolute atomic E-state index is 11.6.